The second-order valence-electron chi connectivity index (χ2n) is 5.86. The molecule has 0 aliphatic heterocycles. The molecule has 2 aromatic carbocycles. The van der Waals surface area contributed by atoms with E-state index in [1.165, 1.54) is 0 Å². The smallest absolute Gasteiger partial charge is 0.252 e. The first-order valence-electron chi connectivity index (χ1n) is 9.78. The summed E-state index contributed by atoms with van der Waals surface area (Å²) in [6.07, 6.45) is 0. The molecule has 1 N–H and O–H groups in total. The zero-order valence-corrected chi connectivity index (χ0v) is 18.2. The van der Waals surface area contributed by atoms with Gasteiger partial charge in [0.1, 0.15) is 12.4 Å². The monoisotopic (exact) mass is 431 g/mol. The Kier molecular flexibility index (Phi) is 9.69. The number of halogens is 1. The van der Waals surface area contributed by atoms with Gasteiger partial charge in [-0.1, -0.05) is 35.6 Å². The minimum atomic E-state index is -0.290. The highest BCUT2D eigenvalue weighted by Crippen LogP contribution is 2.39. The molecule has 2 aromatic rings. The number of amides is 1. The third-order valence-electron chi connectivity index (χ3n) is 3.77. The number of nitrogens with one attached hydrogen (secondary N) is 1. The number of para-hydroxylation sites is 1. The van der Waals surface area contributed by atoms with Crippen LogP contribution in [0.2, 0.25) is 5.02 Å². The topological polar surface area (TPSA) is 66.0 Å². The van der Waals surface area contributed by atoms with E-state index >= 15 is 0 Å². The van der Waals surface area contributed by atoms with Gasteiger partial charge in [-0.05, 0) is 45.0 Å². The largest absolute Gasteiger partial charge is 0.490 e. The molecule has 0 aliphatic rings. The average Bonchev–Trinajstić information content (AvgIpc) is 2.74. The normalized spacial score (nSPS) is 9.87. The van der Waals surface area contributed by atoms with E-state index in [0.29, 0.717) is 53.4 Å². The molecule has 0 bridgehead atoms. The summed E-state index contributed by atoms with van der Waals surface area (Å²) >= 11 is 6.02. The van der Waals surface area contributed by atoms with Crippen LogP contribution in [0.1, 0.15) is 31.1 Å². The van der Waals surface area contributed by atoms with E-state index in [1.54, 1.807) is 24.3 Å². The molecule has 30 heavy (non-hydrogen) atoms. The molecule has 0 atom stereocenters. The fourth-order valence-corrected chi connectivity index (χ4v) is 2.73. The van der Waals surface area contributed by atoms with Crippen molar-refractivity contribution < 1.29 is 23.7 Å². The van der Waals surface area contributed by atoms with Crippen molar-refractivity contribution in [1.29, 1.82) is 0 Å². The lowest BCUT2D eigenvalue weighted by Gasteiger charge is -2.16. The molecule has 0 spiro atoms. The molecule has 0 radical (unpaired) electrons. The number of carbonyl (C=O) groups is 1. The van der Waals surface area contributed by atoms with Crippen LogP contribution in [-0.2, 0) is 0 Å². The Morgan fingerprint density at radius 1 is 0.900 bits per heavy atom. The van der Waals surface area contributed by atoms with E-state index in [4.69, 9.17) is 30.5 Å². The highest BCUT2D eigenvalue weighted by molar-refractivity contribution is 6.32. The van der Waals surface area contributed by atoms with E-state index in [9.17, 15) is 4.79 Å². The van der Waals surface area contributed by atoms with Crippen LogP contribution in [0.15, 0.2) is 36.4 Å². The number of ether oxygens (including phenoxy) is 4. The average molecular weight is 432 g/mol. The maximum Gasteiger partial charge on any atom is 0.252 e. The predicted octanol–water partition coefficient (Wildman–Crippen LogP) is 4.35. The van der Waals surface area contributed by atoms with Gasteiger partial charge in [0.2, 0.25) is 5.75 Å². The van der Waals surface area contributed by atoms with Crippen molar-refractivity contribution in [3.05, 3.63) is 47.0 Å². The summed E-state index contributed by atoms with van der Waals surface area (Å²) in [7, 11) is 0. The summed E-state index contributed by atoms with van der Waals surface area (Å²) in [6.45, 7) is 7.28. The van der Waals surface area contributed by atoms with Crippen LogP contribution in [0.3, 0.4) is 0 Å². The van der Waals surface area contributed by atoms with E-state index in [-0.39, 0.29) is 19.1 Å². The Hall–Kier alpha value is -3.04. The van der Waals surface area contributed by atoms with E-state index in [0.717, 1.165) is 0 Å². The van der Waals surface area contributed by atoms with Crippen LogP contribution < -0.4 is 24.3 Å². The minimum absolute atomic E-state index is 0.172. The third kappa shape index (κ3) is 6.78. The Morgan fingerprint density at radius 3 is 2.13 bits per heavy atom. The second-order valence-corrected chi connectivity index (χ2v) is 6.26. The Morgan fingerprint density at radius 2 is 1.53 bits per heavy atom. The van der Waals surface area contributed by atoms with Gasteiger partial charge in [-0.3, -0.25) is 4.79 Å². The molecule has 6 nitrogen and oxygen atoms in total. The number of hydrogen-bond acceptors (Lipinski definition) is 5. The zero-order chi connectivity index (χ0) is 21.8. The summed E-state index contributed by atoms with van der Waals surface area (Å²) in [5.74, 6) is 7.40. The van der Waals surface area contributed by atoms with E-state index < -0.39 is 0 Å². The van der Waals surface area contributed by atoms with Crippen LogP contribution in [0.4, 0.5) is 0 Å². The van der Waals surface area contributed by atoms with Gasteiger partial charge in [0.05, 0.1) is 31.4 Å². The quantitative estimate of drug-likeness (QED) is 0.566. The summed E-state index contributed by atoms with van der Waals surface area (Å²) in [5, 5.41) is 3.28. The minimum Gasteiger partial charge on any atom is -0.490 e. The van der Waals surface area contributed by atoms with Crippen LogP contribution >= 0.6 is 11.6 Å². The van der Waals surface area contributed by atoms with Crippen molar-refractivity contribution in [3.63, 3.8) is 0 Å². The lowest BCUT2D eigenvalue weighted by atomic mass is 10.1. The van der Waals surface area contributed by atoms with E-state index in [2.05, 4.69) is 17.2 Å². The van der Waals surface area contributed by atoms with Gasteiger partial charge < -0.3 is 24.3 Å². The molecule has 0 fully saturated rings. The van der Waals surface area contributed by atoms with E-state index in [1.807, 2.05) is 32.9 Å². The molecule has 160 valence electrons. The molecule has 0 aromatic heterocycles. The second kappa shape index (κ2) is 12.5. The maximum atomic E-state index is 12.5. The van der Waals surface area contributed by atoms with Crippen molar-refractivity contribution in [2.75, 3.05) is 33.0 Å². The van der Waals surface area contributed by atoms with Crippen LogP contribution in [-0.4, -0.2) is 38.9 Å². The molecule has 0 saturated heterocycles. The van der Waals surface area contributed by atoms with Gasteiger partial charge in [0.15, 0.2) is 11.5 Å². The van der Waals surface area contributed by atoms with Crippen LogP contribution in [0, 0.1) is 11.8 Å². The molecule has 7 heteroatoms. The molecule has 0 saturated carbocycles. The SMILES string of the molecule is CCOc1cc(C(=O)NCC#CCOc2ccccc2Cl)cc(OCC)c1OCC. The van der Waals surface area contributed by atoms with Crippen LogP contribution in [0.5, 0.6) is 23.0 Å². The van der Waals surface area contributed by atoms with Crippen LogP contribution in [0.25, 0.3) is 0 Å². The van der Waals surface area contributed by atoms with Gasteiger partial charge in [-0.25, -0.2) is 0 Å². The van der Waals surface area contributed by atoms with Crippen molar-refractivity contribution in [2.45, 2.75) is 20.8 Å². The zero-order valence-electron chi connectivity index (χ0n) is 17.4. The fraction of sp³-hybridized carbons (Fsp3) is 0.348. The Bertz CT molecular complexity index is 877. The lowest BCUT2D eigenvalue weighted by Crippen LogP contribution is -2.24. The Labute approximate surface area is 182 Å². The molecule has 0 heterocycles. The van der Waals surface area contributed by atoms with Crippen molar-refractivity contribution in [3.8, 4) is 34.8 Å². The van der Waals surface area contributed by atoms with Gasteiger partial charge >= 0.3 is 0 Å². The number of carbonyl (C=O) groups excluding carboxylic acids is 1. The summed E-state index contributed by atoms with van der Waals surface area (Å²) in [4.78, 5) is 12.5. The molecule has 0 aliphatic carbocycles. The van der Waals surface area contributed by atoms with Gasteiger partial charge in [-0.15, -0.1) is 0 Å². The number of hydrogen-bond donors (Lipinski definition) is 1. The van der Waals surface area contributed by atoms with Crippen molar-refractivity contribution >= 4 is 17.5 Å². The highest BCUT2D eigenvalue weighted by atomic mass is 35.5. The van der Waals surface area contributed by atoms with Crippen molar-refractivity contribution in [2.24, 2.45) is 0 Å². The summed E-state index contributed by atoms with van der Waals surface area (Å²) < 4.78 is 22.4. The van der Waals surface area contributed by atoms with Gasteiger partial charge in [-0.2, -0.15) is 0 Å². The van der Waals surface area contributed by atoms with Crippen molar-refractivity contribution in [1.82, 2.24) is 5.32 Å². The Balaban J connectivity index is 2.00. The molecule has 1 amide bonds. The van der Waals surface area contributed by atoms with Gasteiger partial charge in [0.25, 0.3) is 5.91 Å². The fourth-order valence-electron chi connectivity index (χ4n) is 2.54. The number of rotatable bonds is 10. The van der Waals surface area contributed by atoms with Gasteiger partial charge in [0, 0.05) is 5.56 Å². The summed E-state index contributed by atoms with van der Waals surface area (Å²) in [6, 6.07) is 10.4. The maximum absolute atomic E-state index is 12.5. The molecular formula is C23H26ClNO5. The first kappa shape index (κ1) is 23.2. The number of benzene rings is 2. The first-order valence-corrected chi connectivity index (χ1v) is 10.2. The highest BCUT2D eigenvalue weighted by Gasteiger charge is 2.18. The molecule has 0 unspecified atom stereocenters. The lowest BCUT2D eigenvalue weighted by molar-refractivity contribution is 0.0957. The first-order chi connectivity index (χ1) is 14.6. The predicted molar refractivity (Wildman–Crippen MR) is 117 cm³/mol. The third-order valence-corrected chi connectivity index (χ3v) is 4.08. The molecular weight excluding hydrogens is 406 g/mol. The standard InChI is InChI=1S/C23H26ClNO5/c1-4-27-20-15-17(16-21(28-5-2)22(20)29-6-3)23(26)25-13-9-10-14-30-19-12-8-7-11-18(19)24/h7-8,11-12,15-16H,4-6,13-14H2,1-3H3,(H,25,26). The molecule has 2 rings (SSSR count). The summed E-state index contributed by atoms with van der Waals surface area (Å²) in [5.41, 5.74) is 0.402.